The summed E-state index contributed by atoms with van der Waals surface area (Å²) in [7, 11) is 0. The van der Waals surface area contributed by atoms with Crippen molar-refractivity contribution in [1.29, 1.82) is 0 Å². The van der Waals surface area contributed by atoms with Crippen LogP contribution < -0.4 is 0 Å². The van der Waals surface area contributed by atoms with Crippen LogP contribution in [-0.4, -0.2) is 19.7 Å². The van der Waals surface area contributed by atoms with Gasteiger partial charge in [0.1, 0.15) is 10.7 Å². The fraction of sp³-hybridized carbons (Fsp3) is 0.250. The first-order chi connectivity index (χ1) is 9.29. The van der Waals surface area contributed by atoms with Crippen molar-refractivity contribution in [2.75, 3.05) is 0 Å². The van der Waals surface area contributed by atoms with Gasteiger partial charge in [0.2, 0.25) is 0 Å². The van der Waals surface area contributed by atoms with E-state index in [1.165, 1.54) is 4.88 Å². The van der Waals surface area contributed by atoms with Crippen LogP contribution in [-0.2, 0) is 6.54 Å². The number of hydrogen-bond donors (Lipinski definition) is 1. The van der Waals surface area contributed by atoms with Crippen LogP contribution in [0.3, 0.4) is 0 Å². The van der Waals surface area contributed by atoms with Crippen molar-refractivity contribution in [2.24, 2.45) is 0 Å². The predicted octanol–water partition coefficient (Wildman–Crippen LogP) is 4.20. The van der Waals surface area contributed by atoms with Gasteiger partial charge < -0.3 is 0 Å². The molecular weight excluding hydrogens is 296 g/mol. The highest BCUT2D eigenvalue weighted by Gasteiger charge is 2.13. The Hall–Kier alpha value is -1.31. The molecule has 0 saturated carbocycles. The van der Waals surface area contributed by atoms with E-state index in [9.17, 15) is 0 Å². The van der Waals surface area contributed by atoms with Gasteiger partial charge in [-0.25, -0.2) is 4.98 Å². The minimum Gasteiger partial charge on any atom is -0.299 e. The first-order valence-electron chi connectivity index (χ1n) is 5.94. The van der Waals surface area contributed by atoms with Crippen molar-refractivity contribution < 1.29 is 0 Å². The molecule has 19 heavy (non-hydrogen) atoms. The molecule has 3 rings (SSSR count). The van der Waals surface area contributed by atoms with E-state index < -0.39 is 0 Å². The minimum absolute atomic E-state index is 0.655. The van der Waals surface area contributed by atoms with Crippen molar-refractivity contribution >= 4 is 34.9 Å². The third kappa shape index (κ3) is 2.41. The topological polar surface area (TPSA) is 46.5 Å². The second-order valence-electron chi connectivity index (χ2n) is 4.02. The number of thiophene rings is 1. The van der Waals surface area contributed by atoms with E-state index in [1.54, 1.807) is 22.7 Å². The highest BCUT2D eigenvalue weighted by atomic mass is 32.1. The molecule has 0 amide bonds. The molecule has 1 N–H and O–H groups in total. The summed E-state index contributed by atoms with van der Waals surface area (Å²) in [4.78, 5) is 5.85. The third-order valence-electron chi connectivity index (χ3n) is 2.67. The van der Waals surface area contributed by atoms with Crippen LogP contribution in [0.5, 0.6) is 0 Å². The lowest BCUT2D eigenvalue weighted by molar-refractivity contribution is 0.674. The second-order valence-corrected chi connectivity index (χ2v) is 6.21. The lowest BCUT2D eigenvalue weighted by atomic mass is 10.4. The maximum Gasteiger partial charge on any atom is 0.195 e. The van der Waals surface area contributed by atoms with Gasteiger partial charge in [0.05, 0.1) is 4.88 Å². The molecule has 0 radical (unpaired) electrons. The van der Waals surface area contributed by atoms with Gasteiger partial charge in [0, 0.05) is 11.9 Å². The number of hydrogen-bond acceptors (Lipinski definition) is 5. The molecule has 0 aliphatic heterocycles. The summed E-state index contributed by atoms with van der Waals surface area (Å²) in [6, 6.07) is 4.12. The molecule has 0 bridgehead atoms. The summed E-state index contributed by atoms with van der Waals surface area (Å²) in [5, 5.41) is 12.3. The summed E-state index contributed by atoms with van der Waals surface area (Å²) in [6.45, 7) is 2.98. The van der Waals surface area contributed by atoms with E-state index in [-0.39, 0.29) is 0 Å². The normalized spacial score (nSPS) is 11.0. The molecule has 4 nitrogen and oxygen atoms in total. The van der Waals surface area contributed by atoms with E-state index in [2.05, 4.69) is 33.6 Å². The monoisotopic (exact) mass is 308 g/mol. The number of rotatable bonds is 4. The van der Waals surface area contributed by atoms with Crippen LogP contribution in [0.4, 0.5) is 0 Å². The lowest BCUT2D eigenvalue weighted by Crippen LogP contribution is -2.00. The van der Waals surface area contributed by atoms with Gasteiger partial charge in [0.25, 0.3) is 0 Å². The highest BCUT2D eigenvalue weighted by Crippen LogP contribution is 2.30. The molecule has 3 aromatic rings. The number of thiazole rings is 1. The van der Waals surface area contributed by atoms with Gasteiger partial charge in [-0.15, -0.1) is 22.7 Å². The Morgan fingerprint density at radius 3 is 3.05 bits per heavy atom. The van der Waals surface area contributed by atoms with Crippen molar-refractivity contribution in [3.8, 4) is 21.4 Å². The zero-order valence-corrected chi connectivity index (χ0v) is 12.7. The maximum absolute atomic E-state index is 5.25. The summed E-state index contributed by atoms with van der Waals surface area (Å²) in [6.07, 6.45) is 1.02. The van der Waals surface area contributed by atoms with E-state index in [0.29, 0.717) is 4.77 Å². The average molecular weight is 308 g/mol. The summed E-state index contributed by atoms with van der Waals surface area (Å²) in [5.41, 5.74) is 0.884. The molecule has 0 atom stereocenters. The smallest absolute Gasteiger partial charge is 0.195 e. The standard InChI is InChI=1S/C12H12N4S3/c1-2-5-16-10(14-15-12(16)17)8-7-19-11(13-8)9-4-3-6-18-9/h3-4,6-7H,2,5H2,1H3,(H,15,17). The number of aromatic nitrogens is 4. The van der Waals surface area contributed by atoms with E-state index in [4.69, 9.17) is 12.2 Å². The minimum atomic E-state index is 0.655. The zero-order valence-electron chi connectivity index (χ0n) is 10.3. The van der Waals surface area contributed by atoms with Crippen LogP contribution in [0.15, 0.2) is 22.9 Å². The van der Waals surface area contributed by atoms with Gasteiger partial charge >= 0.3 is 0 Å². The molecule has 7 heteroatoms. The molecule has 0 saturated heterocycles. The third-order valence-corrected chi connectivity index (χ3v) is 4.86. The summed E-state index contributed by atoms with van der Waals surface area (Å²) >= 11 is 8.58. The Kier molecular flexibility index (Phi) is 3.58. The fourth-order valence-electron chi connectivity index (χ4n) is 1.83. The highest BCUT2D eigenvalue weighted by molar-refractivity contribution is 7.71. The van der Waals surface area contributed by atoms with E-state index in [0.717, 1.165) is 29.5 Å². The number of H-pyrrole nitrogens is 1. The van der Waals surface area contributed by atoms with Crippen LogP contribution in [0.25, 0.3) is 21.4 Å². The quantitative estimate of drug-likeness (QED) is 0.735. The second kappa shape index (κ2) is 5.36. The van der Waals surface area contributed by atoms with E-state index >= 15 is 0 Å². The first-order valence-corrected chi connectivity index (χ1v) is 8.11. The Bertz CT molecular complexity index is 720. The van der Waals surface area contributed by atoms with Gasteiger partial charge in [-0.1, -0.05) is 13.0 Å². The Balaban J connectivity index is 2.01. The molecule has 0 spiro atoms. The van der Waals surface area contributed by atoms with Gasteiger partial charge in [-0.05, 0) is 30.1 Å². The van der Waals surface area contributed by atoms with Crippen molar-refractivity contribution in [3.05, 3.63) is 27.7 Å². The molecular formula is C12H12N4S3. The van der Waals surface area contributed by atoms with Gasteiger partial charge in [0.15, 0.2) is 10.6 Å². The summed E-state index contributed by atoms with van der Waals surface area (Å²) < 4.78 is 2.66. The zero-order chi connectivity index (χ0) is 13.2. The SMILES string of the molecule is CCCn1c(-c2csc(-c3cccs3)n2)n[nH]c1=S. The molecule has 0 aromatic carbocycles. The predicted molar refractivity (Wildman–Crippen MR) is 82.1 cm³/mol. The number of aromatic amines is 1. The molecule has 0 aliphatic carbocycles. The number of nitrogens with zero attached hydrogens (tertiary/aromatic N) is 3. The molecule has 3 aromatic heterocycles. The van der Waals surface area contributed by atoms with Crippen molar-refractivity contribution in [1.82, 2.24) is 19.7 Å². The fourth-order valence-corrected chi connectivity index (χ4v) is 3.67. The van der Waals surface area contributed by atoms with Gasteiger partial charge in [-0.2, -0.15) is 5.10 Å². The Labute approximate surface area is 123 Å². The van der Waals surface area contributed by atoms with Crippen molar-refractivity contribution in [2.45, 2.75) is 19.9 Å². The van der Waals surface area contributed by atoms with Crippen LogP contribution >= 0.6 is 34.9 Å². The maximum atomic E-state index is 5.25. The van der Waals surface area contributed by atoms with E-state index in [1.807, 2.05) is 16.0 Å². The lowest BCUT2D eigenvalue weighted by Gasteiger charge is -2.01. The molecule has 3 heterocycles. The first kappa shape index (κ1) is 12.7. The average Bonchev–Trinajstić information content (AvgIpc) is 3.10. The Morgan fingerprint density at radius 2 is 2.32 bits per heavy atom. The largest absolute Gasteiger partial charge is 0.299 e. The Morgan fingerprint density at radius 1 is 1.42 bits per heavy atom. The van der Waals surface area contributed by atoms with Crippen LogP contribution in [0, 0.1) is 4.77 Å². The van der Waals surface area contributed by atoms with Crippen LogP contribution in [0.1, 0.15) is 13.3 Å². The van der Waals surface area contributed by atoms with Crippen LogP contribution in [0.2, 0.25) is 0 Å². The molecule has 0 aliphatic rings. The summed E-state index contributed by atoms with van der Waals surface area (Å²) in [5.74, 6) is 0.825. The molecule has 0 unspecified atom stereocenters. The number of nitrogens with one attached hydrogen (secondary N) is 1. The molecule has 98 valence electrons. The van der Waals surface area contributed by atoms with Crippen molar-refractivity contribution in [3.63, 3.8) is 0 Å². The van der Waals surface area contributed by atoms with Gasteiger partial charge in [-0.3, -0.25) is 9.67 Å². The molecule has 0 fully saturated rings.